The van der Waals surface area contributed by atoms with E-state index in [0.717, 1.165) is 22.4 Å². The maximum Gasteiger partial charge on any atom is 0.250 e. The molecule has 4 aromatic rings. The van der Waals surface area contributed by atoms with Gasteiger partial charge in [0.25, 0.3) is 5.91 Å². The van der Waals surface area contributed by atoms with E-state index in [-0.39, 0.29) is 17.6 Å². The predicted octanol–water partition coefficient (Wildman–Crippen LogP) is 6.22. The molecular weight excluding hydrogens is 496 g/mol. The number of para-hydroxylation sites is 2. The zero-order chi connectivity index (χ0) is 26.1. The topological polar surface area (TPSA) is 58.6 Å². The number of amides is 1. The lowest BCUT2D eigenvalue weighted by Crippen LogP contribution is -2.63. The summed E-state index contributed by atoms with van der Waals surface area (Å²) < 4.78 is 6.85. The van der Waals surface area contributed by atoms with Gasteiger partial charge in [-0.05, 0) is 48.5 Å². The molecule has 38 heavy (non-hydrogen) atoms. The summed E-state index contributed by atoms with van der Waals surface area (Å²) in [5.74, 6) is -0.143. The lowest BCUT2D eigenvalue weighted by Gasteiger charge is -2.52. The molecule has 4 aromatic carbocycles. The fourth-order valence-corrected chi connectivity index (χ4v) is 7.32. The first kappa shape index (κ1) is 23.2. The standard InChI is InChI=1S/C32H25ClN2O3/c1-35-19-25(20-15-17-22(33)18-16-20)31(32(35)24-12-6-7-13-26(24)34-30(32)37)28(36)23-11-5-8-14-27(23)38-29(31)21-9-3-2-4-10-21/h2-18,25,29H,19H2,1H3,(H,34,37)/t25-,29?,31-,32+/m0/s1. The second kappa shape index (κ2) is 8.29. The number of carbonyl (C=O) groups excluding carboxylic acids is 2. The number of fused-ring (bicyclic) bond motifs is 4. The van der Waals surface area contributed by atoms with Crippen molar-refractivity contribution in [3.05, 3.63) is 130 Å². The van der Waals surface area contributed by atoms with E-state index in [0.29, 0.717) is 22.9 Å². The smallest absolute Gasteiger partial charge is 0.250 e. The van der Waals surface area contributed by atoms with E-state index in [9.17, 15) is 4.79 Å². The molecule has 6 heteroatoms. The molecule has 0 aromatic heterocycles. The Morgan fingerprint density at radius 2 is 1.53 bits per heavy atom. The maximum atomic E-state index is 15.2. The van der Waals surface area contributed by atoms with E-state index < -0.39 is 17.1 Å². The zero-order valence-corrected chi connectivity index (χ0v) is 21.5. The van der Waals surface area contributed by atoms with Crippen molar-refractivity contribution < 1.29 is 14.3 Å². The molecule has 1 N–H and O–H groups in total. The monoisotopic (exact) mass is 520 g/mol. The molecule has 1 unspecified atom stereocenters. The Kier molecular flexibility index (Phi) is 5.06. The van der Waals surface area contributed by atoms with Gasteiger partial charge >= 0.3 is 0 Å². The van der Waals surface area contributed by atoms with E-state index in [4.69, 9.17) is 16.3 Å². The molecule has 3 aliphatic rings. The number of ether oxygens (including phenoxy) is 1. The molecule has 0 aliphatic carbocycles. The molecule has 1 saturated heterocycles. The number of carbonyl (C=O) groups is 2. The van der Waals surface area contributed by atoms with Crippen LogP contribution in [0.4, 0.5) is 5.69 Å². The largest absolute Gasteiger partial charge is 0.484 e. The third-order valence-corrected chi connectivity index (χ3v) is 8.86. The van der Waals surface area contributed by atoms with Gasteiger partial charge in [0.1, 0.15) is 22.8 Å². The second-order valence-electron chi connectivity index (χ2n) is 10.3. The lowest BCUT2D eigenvalue weighted by molar-refractivity contribution is -0.135. The molecule has 3 heterocycles. The molecule has 1 fully saturated rings. The third kappa shape index (κ3) is 2.80. The third-order valence-electron chi connectivity index (χ3n) is 8.61. The molecule has 5 nitrogen and oxygen atoms in total. The van der Waals surface area contributed by atoms with E-state index in [1.165, 1.54) is 0 Å². The summed E-state index contributed by atoms with van der Waals surface area (Å²) >= 11 is 6.29. The highest BCUT2D eigenvalue weighted by atomic mass is 35.5. The molecule has 1 amide bonds. The number of hydrogen-bond donors (Lipinski definition) is 1. The average Bonchev–Trinajstić information content (AvgIpc) is 3.40. The summed E-state index contributed by atoms with van der Waals surface area (Å²) in [6.07, 6.45) is -0.728. The summed E-state index contributed by atoms with van der Waals surface area (Å²) in [5, 5.41) is 3.74. The maximum absolute atomic E-state index is 15.2. The number of benzene rings is 4. The van der Waals surface area contributed by atoms with Crippen LogP contribution in [0.1, 0.15) is 39.1 Å². The molecule has 188 valence electrons. The first-order valence-electron chi connectivity index (χ1n) is 12.7. The van der Waals surface area contributed by atoms with E-state index in [1.54, 1.807) is 0 Å². The zero-order valence-electron chi connectivity index (χ0n) is 20.7. The highest BCUT2D eigenvalue weighted by Gasteiger charge is 2.78. The molecule has 2 spiro atoms. The molecular formula is C32H25ClN2O3. The number of likely N-dealkylation sites (tertiary alicyclic amines) is 1. The quantitative estimate of drug-likeness (QED) is 0.341. The van der Waals surface area contributed by atoms with Crippen LogP contribution in [0.15, 0.2) is 103 Å². The van der Waals surface area contributed by atoms with E-state index >= 15 is 4.79 Å². The fourth-order valence-electron chi connectivity index (χ4n) is 7.19. The minimum atomic E-state index is -1.32. The first-order chi connectivity index (χ1) is 18.5. The van der Waals surface area contributed by atoms with Crippen molar-refractivity contribution in [2.45, 2.75) is 17.6 Å². The van der Waals surface area contributed by atoms with Gasteiger partial charge in [-0.1, -0.05) is 84.4 Å². The van der Waals surface area contributed by atoms with E-state index in [1.807, 2.05) is 110 Å². The van der Waals surface area contributed by atoms with Gasteiger partial charge in [-0.2, -0.15) is 0 Å². The van der Waals surface area contributed by atoms with Crippen molar-refractivity contribution in [3.63, 3.8) is 0 Å². The van der Waals surface area contributed by atoms with Gasteiger partial charge in [-0.3, -0.25) is 14.5 Å². The Bertz CT molecular complexity index is 1590. The molecule has 0 radical (unpaired) electrons. The SMILES string of the molecule is CN1C[C@@H](c2ccc(Cl)cc2)[C@@]2(C(=O)c3ccccc3OC2c2ccccc2)[C@@]12C(=O)Nc1ccccc12. The number of likely N-dealkylation sites (N-methyl/N-ethyl adjacent to an activating group) is 1. The van der Waals surface area contributed by atoms with Crippen molar-refractivity contribution in [2.24, 2.45) is 5.41 Å². The minimum absolute atomic E-state index is 0.0932. The van der Waals surface area contributed by atoms with Crippen LogP contribution in [0, 0.1) is 5.41 Å². The van der Waals surface area contributed by atoms with Crippen LogP contribution < -0.4 is 10.1 Å². The predicted molar refractivity (Wildman–Crippen MR) is 147 cm³/mol. The van der Waals surface area contributed by atoms with Crippen molar-refractivity contribution in [2.75, 3.05) is 18.9 Å². The van der Waals surface area contributed by atoms with Crippen molar-refractivity contribution in [3.8, 4) is 5.75 Å². The Morgan fingerprint density at radius 1 is 0.842 bits per heavy atom. The number of ketones is 1. The van der Waals surface area contributed by atoms with Gasteiger partial charge in [0, 0.05) is 28.7 Å². The number of nitrogens with zero attached hydrogens (tertiary/aromatic N) is 1. The highest BCUT2D eigenvalue weighted by molar-refractivity contribution is 6.30. The molecule has 4 atom stereocenters. The van der Waals surface area contributed by atoms with Gasteiger partial charge in [0.05, 0.1) is 5.56 Å². The Labute approximate surface area is 226 Å². The highest BCUT2D eigenvalue weighted by Crippen LogP contribution is 2.69. The number of Topliss-reactive ketones (excluding diaryl/α,β-unsaturated/α-hetero) is 1. The fraction of sp³-hybridized carbons (Fsp3) is 0.188. The summed E-state index contributed by atoms with van der Waals surface area (Å²) in [4.78, 5) is 31.7. The van der Waals surface area contributed by atoms with Gasteiger partial charge in [-0.15, -0.1) is 0 Å². The van der Waals surface area contributed by atoms with Crippen LogP contribution in [-0.4, -0.2) is 30.2 Å². The van der Waals surface area contributed by atoms with Crippen LogP contribution in [0.5, 0.6) is 5.75 Å². The van der Waals surface area contributed by atoms with Gasteiger partial charge < -0.3 is 10.1 Å². The number of anilines is 1. The van der Waals surface area contributed by atoms with Gasteiger partial charge in [-0.25, -0.2) is 0 Å². The molecule has 0 saturated carbocycles. The first-order valence-corrected chi connectivity index (χ1v) is 13.1. The summed E-state index contributed by atoms with van der Waals surface area (Å²) in [5.41, 5.74) is 1.17. The molecule has 0 bridgehead atoms. The normalized spacial score (nSPS) is 27.7. The van der Waals surface area contributed by atoms with Crippen molar-refractivity contribution in [1.82, 2.24) is 4.90 Å². The van der Waals surface area contributed by atoms with Crippen LogP contribution in [0.25, 0.3) is 0 Å². The van der Waals surface area contributed by atoms with Gasteiger partial charge in [0.2, 0.25) is 0 Å². The minimum Gasteiger partial charge on any atom is -0.484 e. The lowest BCUT2D eigenvalue weighted by atomic mass is 9.53. The summed E-state index contributed by atoms with van der Waals surface area (Å²) in [6.45, 7) is 0.476. The molecule has 3 aliphatic heterocycles. The van der Waals surface area contributed by atoms with Gasteiger partial charge in [0.15, 0.2) is 5.78 Å². The molecule has 7 rings (SSSR count). The van der Waals surface area contributed by atoms with Crippen molar-refractivity contribution >= 4 is 29.0 Å². The summed E-state index contributed by atoms with van der Waals surface area (Å²) in [6, 6.07) is 32.5. The average molecular weight is 521 g/mol. The van der Waals surface area contributed by atoms with Crippen molar-refractivity contribution in [1.29, 1.82) is 0 Å². The van der Waals surface area contributed by atoms with E-state index in [2.05, 4.69) is 10.2 Å². The second-order valence-corrected chi connectivity index (χ2v) is 10.7. The van der Waals surface area contributed by atoms with Crippen LogP contribution in [-0.2, 0) is 10.3 Å². The van der Waals surface area contributed by atoms with Crippen LogP contribution in [0.2, 0.25) is 5.02 Å². The number of nitrogens with one attached hydrogen (secondary N) is 1. The van der Waals surface area contributed by atoms with Crippen LogP contribution >= 0.6 is 11.6 Å². The number of hydrogen-bond acceptors (Lipinski definition) is 4. The number of halogens is 1. The Balaban J connectivity index is 1.63. The number of rotatable bonds is 2. The summed E-state index contributed by atoms with van der Waals surface area (Å²) in [7, 11) is 1.94. The van der Waals surface area contributed by atoms with Crippen LogP contribution in [0.3, 0.4) is 0 Å². The Hall–Kier alpha value is -3.93. The Morgan fingerprint density at radius 3 is 2.32 bits per heavy atom.